The number of amides is 1. The second-order valence-electron chi connectivity index (χ2n) is 2.57. The molecule has 4 heteroatoms. The van der Waals surface area contributed by atoms with Gasteiger partial charge in [-0.2, -0.15) is 0 Å². The van der Waals surface area contributed by atoms with E-state index in [2.05, 4.69) is 9.71 Å². The molecule has 0 bridgehead atoms. The smallest absolute Gasteiger partial charge is 0.270 e. The number of rotatable bonds is 3. The Kier molecular flexibility index (Phi) is 4.19. The van der Waals surface area contributed by atoms with E-state index in [1.54, 1.807) is 7.05 Å². The van der Waals surface area contributed by atoms with Crippen molar-refractivity contribution >= 4 is 23.6 Å². The molecule has 0 aliphatic carbocycles. The van der Waals surface area contributed by atoms with Crippen LogP contribution in [0.5, 0.6) is 0 Å². The van der Waals surface area contributed by atoms with Crippen LogP contribution in [0.3, 0.4) is 0 Å². The van der Waals surface area contributed by atoms with Crippen LogP contribution in [-0.2, 0) is 4.79 Å². The molecular formula is C10H12N2OS. The molecule has 0 aliphatic rings. The maximum Gasteiger partial charge on any atom is 0.270 e. The Morgan fingerprint density at radius 1 is 1.36 bits per heavy atom. The molecule has 0 saturated heterocycles. The van der Waals surface area contributed by atoms with Gasteiger partial charge in [-0.15, -0.1) is 0 Å². The minimum atomic E-state index is -0.162. The normalized spacial score (nSPS) is 11.1. The number of likely N-dealkylation sites (N-methyl/N-ethyl adjacent to an activating group) is 1. The van der Waals surface area contributed by atoms with Crippen LogP contribution in [0.15, 0.2) is 34.7 Å². The third kappa shape index (κ3) is 2.60. The lowest BCUT2D eigenvalue weighted by Gasteiger charge is -2.03. The zero-order valence-corrected chi connectivity index (χ0v) is 8.97. The summed E-state index contributed by atoms with van der Waals surface area (Å²) in [6.45, 7) is 0. The number of benzene rings is 1. The molecule has 0 aliphatic heterocycles. The van der Waals surface area contributed by atoms with Gasteiger partial charge in [-0.25, -0.2) is 4.40 Å². The van der Waals surface area contributed by atoms with E-state index in [1.807, 2.05) is 36.6 Å². The largest absolute Gasteiger partial charge is 0.354 e. The molecule has 0 aromatic heterocycles. The molecule has 1 rings (SSSR count). The standard InChI is InChI=1S/C10H12N2OS/c1-11-10(13)9(12-14-2)8-6-4-3-5-7-8/h3-7H,1-2H3,(H,11,13). The summed E-state index contributed by atoms with van der Waals surface area (Å²) >= 11 is 1.28. The van der Waals surface area contributed by atoms with Gasteiger partial charge in [0.25, 0.3) is 5.91 Å². The lowest BCUT2D eigenvalue weighted by Crippen LogP contribution is -2.28. The van der Waals surface area contributed by atoms with Crippen molar-refractivity contribution < 1.29 is 4.79 Å². The Balaban J connectivity index is 3.02. The molecule has 0 fully saturated rings. The number of carbonyl (C=O) groups excluding carboxylic acids is 1. The minimum Gasteiger partial charge on any atom is -0.354 e. The molecule has 74 valence electrons. The average Bonchev–Trinajstić information content (AvgIpc) is 2.26. The minimum absolute atomic E-state index is 0.162. The fourth-order valence-electron chi connectivity index (χ4n) is 1.03. The van der Waals surface area contributed by atoms with Crippen LogP contribution in [-0.4, -0.2) is 24.9 Å². The summed E-state index contributed by atoms with van der Waals surface area (Å²) in [6, 6.07) is 9.40. The zero-order chi connectivity index (χ0) is 10.4. The van der Waals surface area contributed by atoms with Crippen LogP contribution in [0, 0.1) is 0 Å². The van der Waals surface area contributed by atoms with Crippen LogP contribution < -0.4 is 5.32 Å². The van der Waals surface area contributed by atoms with Crippen molar-refractivity contribution in [3.05, 3.63) is 35.9 Å². The lowest BCUT2D eigenvalue weighted by atomic mass is 10.1. The molecule has 0 heterocycles. The molecule has 3 nitrogen and oxygen atoms in total. The third-order valence-corrected chi connectivity index (χ3v) is 2.04. The van der Waals surface area contributed by atoms with E-state index in [4.69, 9.17) is 0 Å². The molecule has 0 spiro atoms. The van der Waals surface area contributed by atoms with Crippen molar-refractivity contribution in [3.8, 4) is 0 Å². The second-order valence-corrected chi connectivity index (χ2v) is 3.12. The first kappa shape index (κ1) is 10.8. The van der Waals surface area contributed by atoms with E-state index in [0.717, 1.165) is 5.56 Å². The summed E-state index contributed by atoms with van der Waals surface area (Å²) in [5.41, 5.74) is 1.29. The highest BCUT2D eigenvalue weighted by molar-refractivity contribution is 7.97. The summed E-state index contributed by atoms with van der Waals surface area (Å²) in [5, 5.41) is 2.57. The molecular weight excluding hydrogens is 196 g/mol. The molecule has 1 amide bonds. The van der Waals surface area contributed by atoms with Crippen LogP contribution in [0.2, 0.25) is 0 Å². The number of carbonyl (C=O) groups is 1. The summed E-state index contributed by atoms with van der Waals surface area (Å²) in [4.78, 5) is 11.4. The highest BCUT2D eigenvalue weighted by Crippen LogP contribution is 2.05. The van der Waals surface area contributed by atoms with Crippen LogP contribution >= 0.6 is 11.9 Å². The fourth-order valence-corrected chi connectivity index (χ4v) is 1.40. The predicted octanol–water partition coefficient (Wildman–Crippen LogP) is 1.50. The summed E-state index contributed by atoms with van der Waals surface area (Å²) in [7, 11) is 1.60. The van der Waals surface area contributed by atoms with Gasteiger partial charge in [0.05, 0.1) is 0 Å². The molecule has 0 radical (unpaired) electrons. The Labute approximate surface area is 87.8 Å². The van der Waals surface area contributed by atoms with Gasteiger partial charge in [0, 0.05) is 18.9 Å². The van der Waals surface area contributed by atoms with Crippen molar-refractivity contribution in [2.75, 3.05) is 13.3 Å². The monoisotopic (exact) mass is 208 g/mol. The van der Waals surface area contributed by atoms with Gasteiger partial charge in [-0.05, 0) is 11.9 Å². The molecule has 1 N–H and O–H groups in total. The Bertz CT molecular complexity index is 335. The Morgan fingerprint density at radius 3 is 2.50 bits per heavy atom. The van der Waals surface area contributed by atoms with Gasteiger partial charge in [0.2, 0.25) is 0 Å². The molecule has 0 unspecified atom stereocenters. The highest BCUT2D eigenvalue weighted by atomic mass is 32.2. The Hall–Kier alpha value is -1.29. The summed E-state index contributed by atoms with van der Waals surface area (Å²) in [6.07, 6.45) is 1.83. The van der Waals surface area contributed by atoms with E-state index in [-0.39, 0.29) is 5.91 Å². The predicted molar refractivity (Wildman–Crippen MR) is 60.6 cm³/mol. The first-order valence-corrected chi connectivity index (χ1v) is 5.36. The van der Waals surface area contributed by atoms with E-state index in [9.17, 15) is 4.79 Å². The van der Waals surface area contributed by atoms with Gasteiger partial charge in [-0.1, -0.05) is 30.3 Å². The number of nitrogens with one attached hydrogen (secondary N) is 1. The number of hydrogen-bond acceptors (Lipinski definition) is 3. The van der Waals surface area contributed by atoms with Gasteiger partial charge in [-0.3, -0.25) is 4.79 Å². The molecule has 1 aromatic carbocycles. The maximum atomic E-state index is 11.4. The molecule has 14 heavy (non-hydrogen) atoms. The first-order valence-electron chi connectivity index (χ1n) is 4.18. The van der Waals surface area contributed by atoms with E-state index >= 15 is 0 Å². The zero-order valence-electron chi connectivity index (χ0n) is 8.15. The Morgan fingerprint density at radius 2 is 2.00 bits per heavy atom. The van der Waals surface area contributed by atoms with Crippen molar-refractivity contribution in [2.45, 2.75) is 0 Å². The van der Waals surface area contributed by atoms with Crippen molar-refractivity contribution in [3.63, 3.8) is 0 Å². The first-order chi connectivity index (χ1) is 6.79. The highest BCUT2D eigenvalue weighted by Gasteiger charge is 2.10. The molecule has 0 saturated carbocycles. The summed E-state index contributed by atoms with van der Waals surface area (Å²) < 4.78 is 4.09. The van der Waals surface area contributed by atoms with E-state index in [1.165, 1.54) is 11.9 Å². The molecule has 1 aromatic rings. The van der Waals surface area contributed by atoms with Gasteiger partial charge < -0.3 is 5.32 Å². The summed E-state index contributed by atoms with van der Waals surface area (Å²) in [5.74, 6) is -0.162. The third-order valence-electron chi connectivity index (χ3n) is 1.67. The maximum absolute atomic E-state index is 11.4. The lowest BCUT2D eigenvalue weighted by molar-refractivity contribution is -0.114. The fraction of sp³-hybridized carbons (Fsp3) is 0.200. The van der Waals surface area contributed by atoms with E-state index in [0.29, 0.717) is 5.71 Å². The van der Waals surface area contributed by atoms with Gasteiger partial charge >= 0.3 is 0 Å². The van der Waals surface area contributed by atoms with Crippen molar-refractivity contribution in [2.24, 2.45) is 4.40 Å². The van der Waals surface area contributed by atoms with Crippen LogP contribution in [0.4, 0.5) is 0 Å². The average molecular weight is 208 g/mol. The topological polar surface area (TPSA) is 41.5 Å². The van der Waals surface area contributed by atoms with Gasteiger partial charge in [0.1, 0.15) is 5.71 Å². The van der Waals surface area contributed by atoms with Crippen molar-refractivity contribution in [1.82, 2.24) is 5.32 Å². The SMILES string of the molecule is CNC(=O)C(=NSC)c1ccccc1. The molecule has 0 atom stereocenters. The van der Waals surface area contributed by atoms with Crippen LogP contribution in [0.25, 0.3) is 0 Å². The van der Waals surface area contributed by atoms with Crippen molar-refractivity contribution in [1.29, 1.82) is 0 Å². The van der Waals surface area contributed by atoms with Crippen LogP contribution in [0.1, 0.15) is 5.56 Å². The van der Waals surface area contributed by atoms with Gasteiger partial charge in [0.15, 0.2) is 0 Å². The second kappa shape index (κ2) is 5.44. The number of nitrogens with zero attached hydrogens (tertiary/aromatic N) is 1. The van der Waals surface area contributed by atoms with E-state index < -0.39 is 0 Å². The number of hydrogen-bond donors (Lipinski definition) is 1. The quantitative estimate of drug-likeness (QED) is 0.604.